The second-order valence-corrected chi connectivity index (χ2v) is 6.98. The van der Waals surface area contributed by atoms with E-state index in [9.17, 15) is 9.59 Å². The topological polar surface area (TPSA) is 107 Å². The van der Waals surface area contributed by atoms with Gasteiger partial charge in [-0.2, -0.15) is 0 Å². The van der Waals surface area contributed by atoms with E-state index in [1.807, 2.05) is 13.8 Å². The zero-order valence-electron chi connectivity index (χ0n) is 15.5. The molecule has 3 rings (SSSR count). The van der Waals surface area contributed by atoms with Gasteiger partial charge in [0, 0.05) is 36.6 Å². The lowest BCUT2D eigenvalue weighted by Gasteiger charge is -2.31. The molecule has 26 heavy (non-hydrogen) atoms. The van der Waals surface area contributed by atoms with Crippen molar-refractivity contribution in [3.63, 3.8) is 0 Å². The number of aromatic amines is 2. The zero-order valence-corrected chi connectivity index (χ0v) is 15.5. The first kappa shape index (κ1) is 18.2. The maximum Gasteiger partial charge on any atom is 0.269 e. The van der Waals surface area contributed by atoms with E-state index in [0.717, 1.165) is 17.2 Å². The number of carbonyl (C=O) groups is 1. The van der Waals surface area contributed by atoms with Crippen molar-refractivity contribution in [2.45, 2.75) is 58.0 Å². The summed E-state index contributed by atoms with van der Waals surface area (Å²) in [5, 5.41) is 7.76. The van der Waals surface area contributed by atoms with Crippen LogP contribution in [0.1, 0.15) is 66.8 Å². The fourth-order valence-corrected chi connectivity index (χ4v) is 3.50. The van der Waals surface area contributed by atoms with E-state index in [1.165, 1.54) is 38.2 Å². The van der Waals surface area contributed by atoms with Gasteiger partial charge in [0.2, 0.25) is 5.95 Å². The van der Waals surface area contributed by atoms with Crippen LogP contribution in [0.15, 0.2) is 17.1 Å². The number of nitrogens with one attached hydrogen (secondary N) is 3. The van der Waals surface area contributed by atoms with Gasteiger partial charge in [0.1, 0.15) is 5.69 Å². The molecule has 1 aliphatic rings. The molecule has 1 fully saturated rings. The Bertz CT molecular complexity index is 821. The number of anilines is 1. The van der Waals surface area contributed by atoms with E-state index >= 15 is 0 Å². The maximum atomic E-state index is 12.2. The van der Waals surface area contributed by atoms with Gasteiger partial charge in [-0.25, -0.2) is 9.97 Å². The van der Waals surface area contributed by atoms with Crippen LogP contribution in [-0.4, -0.2) is 39.2 Å². The summed E-state index contributed by atoms with van der Waals surface area (Å²) in [6, 6.07) is 1.46. The van der Waals surface area contributed by atoms with Crippen molar-refractivity contribution in [1.82, 2.24) is 25.5 Å². The molecular formula is C18H26N6O2. The Morgan fingerprint density at radius 3 is 2.65 bits per heavy atom. The molecule has 8 heteroatoms. The van der Waals surface area contributed by atoms with Gasteiger partial charge < -0.3 is 10.2 Å². The first-order valence-corrected chi connectivity index (χ1v) is 9.10. The van der Waals surface area contributed by atoms with E-state index < -0.39 is 0 Å². The lowest BCUT2D eigenvalue weighted by atomic mass is 9.95. The van der Waals surface area contributed by atoms with Crippen molar-refractivity contribution in [3.8, 4) is 0 Å². The minimum atomic E-state index is -0.348. The third-order valence-corrected chi connectivity index (χ3v) is 5.10. The lowest BCUT2D eigenvalue weighted by Crippen LogP contribution is -2.35. The number of amides is 1. The van der Waals surface area contributed by atoms with Gasteiger partial charge in [0.15, 0.2) is 0 Å². The monoisotopic (exact) mass is 358 g/mol. The molecule has 8 nitrogen and oxygen atoms in total. The molecule has 0 aromatic carbocycles. The molecular weight excluding hydrogens is 332 g/mol. The normalized spacial score (nSPS) is 16.3. The number of aryl methyl sites for hydroxylation is 1. The van der Waals surface area contributed by atoms with Gasteiger partial charge in [-0.3, -0.25) is 19.8 Å². The van der Waals surface area contributed by atoms with E-state index in [1.54, 1.807) is 6.20 Å². The molecule has 3 N–H and O–H groups in total. The Labute approximate surface area is 152 Å². The van der Waals surface area contributed by atoms with Crippen LogP contribution in [0.25, 0.3) is 0 Å². The molecule has 2 aromatic rings. The van der Waals surface area contributed by atoms with Crippen LogP contribution >= 0.6 is 0 Å². The number of aromatic nitrogens is 4. The zero-order chi connectivity index (χ0) is 18.7. The van der Waals surface area contributed by atoms with Crippen molar-refractivity contribution in [1.29, 1.82) is 0 Å². The second kappa shape index (κ2) is 7.72. The quantitative estimate of drug-likeness (QED) is 0.758. The molecule has 2 aromatic heterocycles. The van der Waals surface area contributed by atoms with Gasteiger partial charge in [-0.1, -0.05) is 19.3 Å². The number of carbonyl (C=O) groups excluding carboxylic acids is 1. The Balaban J connectivity index is 1.70. The molecule has 0 radical (unpaired) electrons. The van der Waals surface area contributed by atoms with Crippen LogP contribution in [0.2, 0.25) is 0 Å². The Morgan fingerprint density at radius 1 is 1.31 bits per heavy atom. The molecule has 0 saturated heterocycles. The van der Waals surface area contributed by atoms with Crippen LogP contribution in [0.5, 0.6) is 0 Å². The minimum Gasteiger partial charge on any atom is -0.344 e. The Kier molecular flexibility index (Phi) is 5.39. The molecule has 0 aliphatic heterocycles. The molecule has 0 bridgehead atoms. The first-order valence-electron chi connectivity index (χ1n) is 9.10. The number of rotatable bonds is 5. The van der Waals surface area contributed by atoms with Crippen molar-refractivity contribution in [3.05, 3.63) is 39.6 Å². The summed E-state index contributed by atoms with van der Waals surface area (Å²) in [6.07, 6.45) is 7.98. The second-order valence-electron chi connectivity index (χ2n) is 6.98. The van der Waals surface area contributed by atoms with Crippen LogP contribution in [0, 0.1) is 6.92 Å². The van der Waals surface area contributed by atoms with Gasteiger partial charge in [0.05, 0.1) is 6.04 Å². The SMILES string of the molecule is Cc1nc(N(C)C2CCCCC2)ncc1[C@H](C)NC(=O)c1cc(=O)[nH][nH]1. The minimum absolute atomic E-state index is 0.203. The molecule has 1 saturated carbocycles. The van der Waals surface area contributed by atoms with Crippen molar-refractivity contribution < 1.29 is 4.79 Å². The lowest BCUT2D eigenvalue weighted by molar-refractivity contribution is 0.0934. The number of nitrogens with zero attached hydrogens (tertiary/aromatic N) is 3. The van der Waals surface area contributed by atoms with Gasteiger partial charge in [-0.15, -0.1) is 0 Å². The van der Waals surface area contributed by atoms with E-state index in [-0.39, 0.29) is 23.2 Å². The standard InChI is InChI=1S/C18H26N6O2/c1-11(20-17(26)15-9-16(25)23-22-15)14-10-19-18(21-12(14)2)24(3)13-7-5-4-6-8-13/h9-11,13H,4-8H2,1-3H3,(H,20,26)(H2,22,23,25)/t11-/m0/s1. The average molecular weight is 358 g/mol. The van der Waals surface area contributed by atoms with E-state index in [2.05, 4.69) is 37.4 Å². The Morgan fingerprint density at radius 2 is 2.04 bits per heavy atom. The number of hydrogen-bond acceptors (Lipinski definition) is 5. The van der Waals surface area contributed by atoms with Gasteiger partial charge in [-0.05, 0) is 26.7 Å². The van der Waals surface area contributed by atoms with Crippen molar-refractivity contribution in [2.24, 2.45) is 0 Å². The van der Waals surface area contributed by atoms with Crippen LogP contribution in [0.4, 0.5) is 5.95 Å². The summed E-state index contributed by atoms with van der Waals surface area (Å²) in [5.41, 5.74) is 1.57. The number of hydrogen-bond donors (Lipinski definition) is 3. The highest BCUT2D eigenvalue weighted by atomic mass is 16.2. The van der Waals surface area contributed by atoms with Crippen LogP contribution < -0.4 is 15.8 Å². The largest absolute Gasteiger partial charge is 0.344 e. The molecule has 140 valence electrons. The number of H-pyrrole nitrogens is 2. The fourth-order valence-electron chi connectivity index (χ4n) is 3.50. The highest BCUT2D eigenvalue weighted by molar-refractivity contribution is 5.92. The summed E-state index contributed by atoms with van der Waals surface area (Å²) in [4.78, 5) is 34.7. The highest BCUT2D eigenvalue weighted by Gasteiger charge is 2.21. The Hall–Kier alpha value is -2.64. The molecule has 0 unspecified atom stereocenters. The third-order valence-electron chi connectivity index (χ3n) is 5.10. The highest BCUT2D eigenvalue weighted by Crippen LogP contribution is 2.25. The summed E-state index contributed by atoms with van der Waals surface area (Å²) < 4.78 is 0. The summed E-state index contributed by atoms with van der Waals surface area (Å²) in [5.74, 6) is 0.380. The molecule has 2 heterocycles. The van der Waals surface area contributed by atoms with Gasteiger partial charge >= 0.3 is 0 Å². The summed E-state index contributed by atoms with van der Waals surface area (Å²) >= 11 is 0. The third kappa shape index (κ3) is 3.95. The predicted octanol–water partition coefficient (Wildman–Crippen LogP) is 2.06. The molecule has 1 amide bonds. The van der Waals surface area contributed by atoms with Crippen LogP contribution in [0.3, 0.4) is 0 Å². The molecule has 1 aliphatic carbocycles. The van der Waals surface area contributed by atoms with Crippen molar-refractivity contribution in [2.75, 3.05) is 11.9 Å². The maximum absolute atomic E-state index is 12.2. The molecule has 0 spiro atoms. The average Bonchev–Trinajstić information content (AvgIpc) is 3.08. The summed E-state index contributed by atoms with van der Waals surface area (Å²) in [7, 11) is 2.05. The van der Waals surface area contributed by atoms with Crippen molar-refractivity contribution >= 4 is 11.9 Å². The van der Waals surface area contributed by atoms with Crippen LogP contribution in [-0.2, 0) is 0 Å². The fraction of sp³-hybridized carbons (Fsp3) is 0.556. The van der Waals surface area contributed by atoms with E-state index in [0.29, 0.717) is 6.04 Å². The smallest absolute Gasteiger partial charge is 0.269 e. The predicted molar refractivity (Wildman–Crippen MR) is 99.3 cm³/mol. The van der Waals surface area contributed by atoms with Gasteiger partial charge in [0.25, 0.3) is 11.5 Å². The first-order chi connectivity index (χ1) is 12.5. The van der Waals surface area contributed by atoms with E-state index in [4.69, 9.17) is 0 Å². The summed E-state index contributed by atoms with van der Waals surface area (Å²) in [6.45, 7) is 3.80. The molecule has 1 atom stereocenters.